The smallest absolute Gasteiger partial charge is 0.256 e. The number of nitrogens with zero attached hydrogens (tertiary/aromatic N) is 2. The number of hydrogen-bond donors (Lipinski definition) is 0. The molecule has 5 nitrogen and oxygen atoms in total. The molecule has 0 bridgehead atoms. The number of benzene rings is 1. The number of carbonyl (C=O) groups is 3. The second-order valence-corrected chi connectivity index (χ2v) is 8.48. The van der Waals surface area contributed by atoms with Crippen LogP contribution in [0.4, 0.5) is 0 Å². The third kappa shape index (κ3) is 2.75. The number of hydrogen-bond acceptors (Lipinski definition) is 4. The third-order valence-electron chi connectivity index (χ3n) is 3.72. The summed E-state index contributed by atoms with van der Waals surface area (Å²) in [6.45, 7) is 7.72. The summed E-state index contributed by atoms with van der Waals surface area (Å²) >= 11 is 1.57. The minimum Gasteiger partial charge on any atom is -0.302 e. The highest BCUT2D eigenvalue weighted by molar-refractivity contribution is 8.02. The maximum atomic E-state index is 13.0. The maximum Gasteiger partial charge on any atom is 0.256 e. The molecular weight excluding hydrogens is 300 g/mol. The molecule has 3 amide bonds. The van der Waals surface area contributed by atoms with Gasteiger partial charge in [-0.2, -0.15) is 0 Å². The van der Waals surface area contributed by atoms with E-state index >= 15 is 0 Å². The molecule has 0 radical (unpaired) electrons. The Hall–Kier alpha value is -1.82. The lowest BCUT2D eigenvalue weighted by atomic mass is 10.0. The van der Waals surface area contributed by atoms with Crippen molar-refractivity contribution in [2.24, 2.45) is 0 Å². The van der Waals surface area contributed by atoms with Crippen LogP contribution in [0, 0.1) is 0 Å². The van der Waals surface area contributed by atoms with Gasteiger partial charge in [0.2, 0.25) is 12.8 Å². The Balaban J connectivity index is 2.50. The summed E-state index contributed by atoms with van der Waals surface area (Å²) in [5, 5.41) is 0. The summed E-state index contributed by atoms with van der Waals surface area (Å²) in [6, 6.07) is 8.89. The van der Waals surface area contributed by atoms with E-state index in [1.807, 2.05) is 33.8 Å². The first-order valence-corrected chi connectivity index (χ1v) is 7.83. The van der Waals surface area contributed by atoms with Gasteiger partial charge in [-0.25, -0.2) is 0 Å². The lowest BCUT2D eigenvalue weighted by Crippen LogP contribution is -2.57. The molecule has 0 aliphatic carbocycles. The van der Waals surface area contributed by atoms with Gasteiger partial charge in [-0.1, -0.05) is 18.2 Å². The van der Waals surface area contributed by atoms with E-state index in [0.29, 0.717) is 18.4 Å². The second-order valence-electron chi connectivity index (χ2n) is 6.23. The van der Waals surface area contributed by atoms with Gasteiger partial charge in [0.15, 0.2) is 0 Å². The molecule has 1 unspecified atom stereocenters. The van der Waals surface area contributed by atoms with Crippen molar-refractivity contribution in [1.82, 2.24) is 9.80 Å². The third-order valence-corrected chi connectivity index (χ3v) is 5.16. The normalized spacial score (nSPS) is 22.2. The van der Waals surface area contributed by atoms with Crippen LogP contribution in [-0.4, -0.2) is 44.3 Å². The summed E-state index contributed by atoms with van der Waals surface area (Å²) in [4.78, 5) is 37.6. The van der Waals surface area contributed by atoms with Crippen molar-refractivity contribution in [3.63, 3.8) is 0 Å². The Morgan fingerprint density at radius 2 is 1.68 bits per heavy atom. The predicted molar refractivity (Wildman–Crippen MR) is 86.1 cm³/mol. The molecule has 1 aliphatic heterocycles. The number of amides is 3. The minimum atomic E-state index is -0.629. The van der Waals surface area contributed by atoms with Crippen molar-refractivity contribution in [2.75, 3.05) is 0 Å². The van der Waals surface area contributed by atoms with Crippen LogP contribution >= 0.6 is 11.8 Å². The average Bonchev–Trinajstić information content (AvgIpc) is 2.65. The van der Waals surface area contributed by atoms with Crippen LogP contribution in [0.25, 0.3) is 0 Å². The lowest BCUT2D eigenvalue weighted by molar-refractivity contribution is -0.136. The van der Waals surface area contributed by atoms with Crippen LogP contribution in [-0.2, 0) is 9.59 Å². The van der Waals surface area contributed by atoms with Gasteiger partial charge in [0, 0.05) is 5.56 Å². The fraction of sp³-hybridized carbons (Fsp3) is 0.438. The highest BCUT2D eigenvalue weighted by atomic mass is 32.2. The van der Waals surface area contributed by atoms with Crippen molar-refractivity contribution in [1.29, 1.82) is 0 Å². The molecule has 1 fully saturated rings. The molecule has 0 aromatic heterocycles. The maximum absolute atomic E-state index is 13.0. The predicted octanol–water partition coefficient (Wildman–Crippen LogP) is 2.33. The van der Waals surface area contributed by atoms with Crippen LogP contribution < -0.4 is 0 Å². The zero-order valence-corrected chi connectivity index (χ0v) is 14.0. The van der Waals surface area contributed by atoms with Crippen molar-refractivity contribution < 1.29 is 14.4 Å². The molecule has 118 valence electrons. The largest absolute Gasteiger partial charge is 0.302 e. The Morgan fingerprint density at radius 3 is 2.18 bits per heavy atom. The van der Waals surface area contributed by atoms with E-state index in [4.69, 9.17) is 0 Å². The standard InChI is InChI=1S/C16H20N2O3S/c1-15(2)14(17(10-19)11-20)18(16(3,4)22-15)13(21)12-8-6-5-7-9-12/h5-11,14H,1-4H3. The van der Waals surface area contributed by atoms with Gasteiger partial charge < -0.3 is 4.90 Å². The zero-order valence-electron chi connectivity index (χ0n) is 13.1. The zero-order chi connectivity index (χ0) is 16.5. The fourth-order valence-electron chi connectivity index (χ4n) is 3.06. The summed E-state index contributed by atoms with van der Waals surface area (Å²) in [5.74, 6) is -0.192. The summed E-state index contributed by atoms with van der Waals surface area (Å²) in [5.41, 5.74) is 0.538. The second kappa shape index (κ2) is 5.76. The molecule has 1 saturated heterocycles. The molecule has 22 heavy (non-hydrogen) atoms. The SMILES string of the molecule is CC1(C)SC(C)(C)N(C(=O)c2ccccc2)C1N(C=O)C=O. The molecule has 0 saturated carbocycles. The van der Waals surface area contributed by atoms with Crippen molar-refractivity contribution in [3.05, 3.63) is 35.9 Å². The number of thioether (sulfide) groups is 1. The Labute approximate surface area is 134 Å². The van der Waals surface area contributed by atoms with E-state index in [-0.39, 0.29) is 5.91 Å². The van der Waals surface area contributed by atoms with Gasteiger partial charge >= 0.3 is 0 Å². The molecule has 6 heteroatoms. The molecule has 0 N–H and O–H groups in total. The summed E-state index contributed by atoms with van der Waals surface area (Å²) < 4.78 is -0.463. The quantitative estimate of drug-likeness (QED) is 0.799. The van der Waals surface area contributed by atoms with Crippen molar-refractivity contribution >= 4 is 30.5 Å². The Kier molecular flexibility index (Phi) is 4.33. The monoisotopic (exact) mass is 320 g/mol. The average molecular weight is 320 g/mol. The number of rotatable bonds is 4. The van der Waals surface area contributed by atoms with Crippen molar-refractivity contribution in [2.45, 2.75) is 43.5 Å². The van der Waals surface area contributed by atoms with Gasteiger partial charge in [-0.3, -0.25) is 19.3 Å². The van der Waals surface area contributed by atoms with Crippen LogP contribution in [0.2, 0.25) is 0 Å². The van der Waals surface area contributed by atoms with E-state index in [9.17, 15) is 14.4 Å². The molecule has 1 aromatic rings. The van der Waals surface area contributed by atoms with Gasteiger partial charge in [0.25, 0.3) is 5.91 Å². The molecule has 1 aromatic carbocycles. The first-order chi connectivity index (χ1) is 10.2. The van der Waals surface area contributed by atoms with E-state index in [0.717, 1.165) is 4.90 Å². The van der Waals surface area contributed by atoms with Crippen LogP contribution in [0.1, 0.15) is 38.1 Å². The highest BCUT2D eigenvalue weighted by Crippen LogP contribution is 2.51. The first kappa shape index (κ1) is 16.5. The minimum absolute atomic E-state index is 0.192. The highest BCUT2D eigenvalue weighted by Gasteiger charge is 2.56. The van der Waals surface area contributed by atoms with Gasteiger partial charge in [-0.05, 0) is 39.8 Å². The topological polar surface area (TPSA) is 57.7 Å². The molecule has 1 heterocycles. The molecule has 1 aliphatic rings. The molecular formula is C16H20N2O3S. The van der Waals surface area contributed by atoms with E-state index in [2.05, 4.69) is 0 Å². The van der Waals surface area contributed by atoms with Crippen LogP contribution in [0.5, 0.6) is 0 Å². The lowest BCUT2D eigenvalue weighted by Gasteiger charge is -2.38. The molecule has 1 atom stereocenters. The molecule has 2 rings (SSSR count). The first-order valence-electron chi connectivity index (χ1n) is 7.01. The fourth-order valence-corrected chi connectivity index (χ4v) is 4.96. The Morgan fingerprint density at radius 1 is 1.14 bits per heavy atom. The molecule has 0 spiro atoms. The van der Waals surface area contributed by atoms with Crippen LogP contribution in [0.3, 0.4) is 0 Å². The van der Waals surface area contributed by atoms with Crippen LogP contribution in [0.15, 0.2) is 30.3 Å². The van der Waals surface area contributed by atoms with Crippen molar-refractivity contribution in [3.8, 4) is 0 Å². The van der Waals surface area contributed by atoms with Gasteiger partial charge in [-0.15, -0.1) is 11.8 Å². The summed E-state index contributed by atoms with van der Waals surface area (Å²) in [7, 11) is 0. The van der Waals surface area contributed by atoms with E-state index in [1.165, 1.54) is 0 Å². The Bertz CT molecular complexity index is 578. The number of carbonyl (C=O) groups excluding carboxylic acids is 3. The summed E-state index contributed by atoms with van der Waals surface area (Å²) in [6.07, 6.45) is 0.328. The van der Waals surface area contributed by atoms with Gasteiger partial charge in [0.1, 0.15) is 6.17 Å². The number of imide groups is 1. The van der Waals surface area contributed by atoms with E-state index in [1.54, 1.807) is 40.9 Å². The van der Waals surface area contributed by atoms with Gasteiger partial charge in [0.05, 0.1) is 9.62 Å². The van der Waals surface area contributed by atoms with E-state index < -0.39 is 15.8 Å².